The molecule has 8 nitrogen and oxygen atoms in total. The first-order valence-electron chi connectivity index (χ1n) is 10.2. The van der Waals surface area contributed by atoms with Crippen LogP contribution >= 0.6 is 0 Å². The summed E-state index contributed by atoms with van der Waals surface area (Å²) in [5, 5.41) is 0. The zero-order valence-corrected chi connectivity index (χ0v) is 16.5. The van der Waals surface area contributed by atoms with E-state index in [1.165, 1.54) is 12.7 Å². The molecule has 3 amide bonds. The normalized spacial score (nSPS) is 17.4. The van der Waals surface area contributed by atoms with Gasteiger partial charge in [-0.1, -0.05) is 0 Å². The highest BCUT2D eigenvalue weighted by atomic mass is 16.3. The third-order valence-corrected chi connectivity index (χ3v) is 5.65. The van der Waals surface area contributed by atoms with E-state index in [0.29, 0.717) is 37.6 Å². The second-order valence-corrected chi connectivity index (χ2v) is 7.52. The SMILES string of the molecule is O=C(Cn1cccc1C(=O)N1CCN(C(=O)c2ccco2)CC1)N1CCCCC1. The molecule has 29 heavy (non-hydrogen) atoms. The van der Waals surface area contributed by atoms with Crippen LogP contribution in [0.2, 0.25) is 0 Å². The monoisotopic (exact) mass is 398 g/mol. The maximum atomic E-state index is 13.0. The highest BCUT2D eigenvalue weighted by Crippen LogP contribution is 2.14. The molecule has 0 bridgehead atoms. The van der Waals surface area contributed by atoms with E-state index >= 15 is 0 Å². The molecule has 4 heterocycles. The molecule has 2 aliphatic heterocycles. The van der Waals surface area contributed by atoms with Gasteiger partial charge in [0.25, 0.3) is 11.8 Å². The van der Waals surface area contributed by atoms with Crippen molar-refractivity contribution in [2.45, 2.75) is 25.8 Å². The van der Waals surface area contributed by atoms with Gasteiger partial charge in [0.2, 0.25) is 5.91 Å². The van der Waals surface area contributed by atoms with Crippen molar-refractivity contribution < 1.29 is 18.8 Å². The maximum absolute atomic E-state index is 13.0. The molecular weight excluding hydrogens is 372 g/mol. The van der Waals surface area contributed by atoms with Crippen LogP contribution in [0.1, 0.15) is 40.3 Å². The van der Waals surface area contributed by atoms with E-state index in [9.17, 15) is 14.4 Å². The molecule has 0 aliphatic carbocycles. The molecule has 2 aromatic rings. The van der Waals surface area contributed by atoms with Crippen molar-refractivity contribution >= 4 is 17.7 Å². The Kier molecular flexibility index (Phi) is 5.69. The van der Waals surface area contributed by atoms with Gasteiger partial charge in [-0.2, -0.15) is 0 Å². The number of piperazine rings is 1. The van der Waals surface area contributed by atoms with E-state index in [4.69, 9.17) is 4.42 Å². The standard InChI is InChI=1S/C21H26N4O4/c26-19(22-8-2-1-3-9-22)16-25-10-4-6-17(25)20(27)23-11-13-24(14-12-23)21(28)18-7-5-15-29-18/h4-7,10,15H,1-3,8-9,11-14,16H2. The van der Waals surface area contributed by atoms with Crippen LogP contribution in [0, 0.1) is 0 Å². The second kappa shape index (κ2) is 8.55. The number of hydrogen-bond acceptors (Lipinski definition) is 4. The lowest BCUT2D eigenvalue weighted by Crippen LogP contribution is -2.51. The fourth-order valence-corrected chi connectivity index (χ4v) is 3.97. The number of likely N-dealkylation sites (tertiary alicyclic amines) is 1. The highest BCUT2D eigenvalue weighted by Gasteiger charge is 2.28. The highest BCUT2D eigenvalue weighted by molar-refractivity contribution is 5.94. The van der Waals surface area contributed by atoms with Gasteiger partial charge in [-0.3, -0.25) is 14.4 Å². The van der Waals surface area contributed by atoms with Crippen LogP contribution in [0.25, 0.3) is 0 Å². The van der Waals surface area contributed by atoms with Crippen LogP contribution in [-0.4, -0.2) is 76.3 Å². The van der Waals surface area contributed by atoms with Crippen molar-refractivity contribution in [3.05, 3.63) is 48.2 Å². The molecule has 4 rings (SSSR count). The molecule has 2 aliphatic rings. The quantitative estimate of drug-likeness (QED) is 0.785. The minimum absolute atomic E-state index is 0.0591. The number of carbonyl (C=O) groups excluding carboxylic acids is 3. The van der Waals surface area contributed by atoms with Gasteiger partial charge in [0.1, 0.15) is 12.2 Å². The summed E-state index contributed by atoms with van der Waals surface area (Å²) in [6.45, 7) is 3.61. The Labute approximate surface area is 169 Å². The van der Waals surface area contributed by atoms with Gasteiger partial charge in [0.05, 0.1) is 6.26 Å². The summed E-state index contributed by atoms with van der Waals surface area (Å²) in [4.78, 5) is 43.3. The summed E-state index contributed by atoms with van der Waals surface area (Å²) in [7, 11) is 0. The summed E-state index contributed by atoms with van der Waals surface area (Å²) in [5.41, 5.74) is 0.515. The number of piperidine rings is 1. The molecule has 0 unspecified atom stereocenters. The molecule has 2 aromatic heterocycles. The van der Waals surface area contributed by atoms with Crippen molar-refractivity contribution in [2.24, 2.45) is 0 Å². The number of furan rings is 1. The zero-order valence-electron chi connectivity index (χ0n) is 16.5. The van der Waals surface area contributed by atoms with E-state index < -0.39 is 0 Å². The van der Waals surface area contributed by atoms with Gasteiger partial charge in [0, 0.05) is 45.5 Å². The maximum Gasteiger partial charge on any atom is 0.289 e. The van der Waals surface area contributed by atoms with E-state index in [0.717, 1.165) is 25.9 Å². The molecule has 0 radical (unpaired) electrons. The number of nitrogens with zero attached hydrogens (tertiary/aromatic N) is 4. The second-order valence-electron chi connectivity index (χ2n) is 7.52. The Morgan fingerprint density at radius 2 is 1.48 bits per heavy atom. The zero-order chi connectivity index (χ0) is 20.2. The Hall–Kier alpha value is -3.03. The van der Waals surface area contributed by atoms with Gasteiger partial charge < -0.3 is 23.7 Å². The van der Waals surface area contributed by atoms with Crippen LogP contribution in [0.5, 0.6) is 0 Å². The Morgan fingerprint density at radius 3 is 2.14 bits per heavy atom. The van der Waals surface area contributed by atoms with E-state index in [-0.39, 0.29) is 24.3 Å². The van der Waals surface area contributed by atoms with Crippen molar-refractivity contribution in [1.82, 2.24) is 19.3 Å². The molecule has 154 valence electrons. The van der Waals surface area contributed by atoms with Crippen molar-refractivity contribution in [3.8, 4) is 0 Å². The first-order valence-corrected chi connectivity index (χ1v) is 10.2. The number of hydrogen-bond donors (Lipinski definition) is 0. The van der Waals surface area contributed by atoms with Gasteiger partial charge in [0.15, 0.2) is 5.76 Å². The Balaban J connectivity index is 1.35. The van der Waals surface area contributed by atoms with Crippen molar-refractivity contribution in [2.75, 3.05) is 39.3 Å². The van der Waals surface area contributed by atoms with Gasteiger partial charge >= 0.3 is 0 Å². The number of carbonyl (C=O) groups is 3. The smallest absolute Gasteiger partial charge is 0.289 e. The van der Waals surface area contributed by atoms with Crippen LogP contribution in [0.3, 0.4) is 0 Å². The van der Waals surface area contributed by atoms with E-state index in [1.807, 2.05) is 4.90 Å². The summed E-state index contributed by atoms with van der Waals surface area (Å²) >= 11 is 0. The lowest BCUT2D eigenvalue weighted by atomic mass is 10.1. The van der Waals surface area contributed by atoms with Crippen LogP contribution in [0.4, 0.5) is 0 Å². The number of aromatic nitrogens is 1. The van der Waals surface area contributed by atoms with Crippen LogP contribution in [-0.2, 0) is 11.3 Å². The predicted octanol–water partition coefficient (Wildman–Crippen LogP) is 1.69. The average molecular weight is 398 g/mol. The summed E-state index contributed by atoms with van der Waals surface area (Å²) in [6.07, 6.45) is 6.53. The lowest BCUT2D eigenvalue weighted by Gasteiger charge is -2.34. The lowest BCUT2D eigenvalue weighted by molar-refractivity contribution is -0.132. The fraction of sp³-hybridized carbons (Fsp3) is 0.476. The molecule has 2 saturated heterocycles. The molecular formula is C21H26N4O4. The molecule has 0 spiro atoms. The summed E-state index contributed by atoms with van der Waals surface area (Å²) in [6, 6.07) is 6.89. The predicted molar refractivity (Wildman–Crippen MR) is 105 cm³/mol. The van der Waals surface area contributed by atoms with E-state index in [1.54, 1.807) is 44.8 Å². The average Bonchev–Trinajstić information content (AvgIpc) is 3.46. The Morgan fingerprint density at radius 1 is 0.793 bits per heavy atom. The molecule has 0 saturated carbocycles. The fourth-order valence-electron chi connectivity index (χ4n) is 3.97. The molecule has 8 heteroatoms. The van der Waals surface area contributed by atoms with Gasteiger partial charge in [-0.15, -0.1) is 0 Å². The van der Waals surface area contributed by atoms with Crippen molar-refractivity contribution in [1.29, 1.82) is 0 Å². The summed E-state index contributed by atoms with van der Waals surface area (Å²) < 4.78 is 6.91. The minimum Gasteiger partial charge on any atom is -0.459 e. The van der Waals surface area contributed by atoms with Gasteiger partial charge in [-0.25, -0.2) is 0 Å². The largest absolute Gasteiger partial charge is 0.459 e. The Bertz CT molecular complexity index is 859. The number of amides is 3. The first-order chi connectivity index (χ1) is 14.1. The van der Waals surface area contributed by atoms with E-state index in [2.05, 4.69) is 0 Å². The van der Waals surface area contributed by atoms with Crippen LogP contribution in [0.15, 0.2) is 41.1 Å². The molecule has 0 atom stereocenters. The van der Waals surface area contributed by atoms with Crippen LogP contribution < -0.4 is 0 Å². The summed E-state index contributed by atoms with van der Waals surface area (Å²) in [5.74, 6) is 0.114. The molecule has 2 fully saturated rings. The third kappa shape index (κ3) is 4.21. The molecule has 0 aromatic carbocycles. The third-order valence-electron chi connectivity index (χ3n) is 5.65. The van der Waals surface area contributed by atoms with Crippen molar-refractivity contribution in [3.63, 3.8) is 0 Å². The first kappa shape index (κ1) is 19.3. The minimum atomic E-state index is -0.155. The van der Waals surface area contributed by atoms with Gasteiger partial charge in [-0.05, 0) is 43.5 Å². The topological polar surface area (TPSA) is 79.0 Å². The number of rotatable bonds is 4. The molecule has 0 N–H and O–H groups in total.